The van der Waals surface area contributed by atoms with E-state index in [-0.39, 0.29) is 120 Å². The van der Waals surface area contributed by atoms with E-state index in [9.17, 15) is 78.9 Å². The minimum Gasteiger partial charge on any atom is -0.508 e. The van der Waals surface area contributed by atoms with Crippen molar-refractivity contribution in [2.24, 2.45) is 11.7 Å². The minimum absolute atomic E-state index is 0. The van der Waals surface area contributed by atoms with Gasteiger partial charge >= 0.3 is 23.9 Å². The summed E-state index contributed by atoms with van der Waals surface area (Å²) in [4.78, 5) is 176. The molecule has 2 saturated heterocycles. The quantitative estimate of drug-likeness (QED) is 0.0179. The van der Waals surface area contributed by atoms with Crippen LogP contribution in [0.3, 0.4) is 0 Å². The molecule has 2 aliphatic rings. The zero-order valence-electron chi connectivity index (χ0n) is 55.9. The number of aromatic amines is 1. The number of Topliss-reactive ketones (excluding diaryl/α,β-unsaturated/α-hetero) is 1. The number of amides is 7. The molecule has 4 aromatic rings. The Kier molecular flexibility index (Phi) is 34.9. The van der Waals surface area contributed by atoms with E-state index >= 15 is 14.4 Å². The Bertz CT molecular complexity index is 3420. The van der Waals surface area contributed by atoms with Gasteiger partial charge in [0.2, 0.25) is 41.4 Å². The number of phenolic OH excluding ortho intramolecular Hbond substituents is 1. The van der Waals surface area contributed by atoms with Crippen molar-refractivity contribution in [2.75, 3.05) is 96.6 Å². The molecule has 0 aliphatic carbocycles. The first kappa shape index (κ1) is 83.4. The fourth-order valence-corrected chi connectivity index (χ4v) is 13.7. The average molecular weight is 1500 g/mol. The van der Waals surface area contributed by atoms with Crippen LogP contribution in [-0.4, -0.2) is 282 Å². The van der Waals surface area contributed by atoms with Gasteiger partial charge in [0.05, 0.1) is 50.3 Å². The van der Waals surface area contributed by atoms with Crippen LogP contribution in [0.2, 0.25) is 0 Å². The number of fused-ring (bicyclic) bond motifs is 1. The van der Waals surface area contributed by atoms with E-state index in [0.29, 0.717) is 34.0 Å². The number of unbranched alkanes of at least 4 members (excludes halogenated alkanes) is 1. The molecule has 0 saturated carbocycles. The van der Waals surface area contributed by atoms with Gasteiger partial charge in [0.1, 0.15) is 36.0 Å². The summed E-state index contributed by atoms with van der Waals surface area (Å²) >= 11 is 0. The summed E-state index contributed by atoms with van der Waals surface area (Å²) in [5.41, 5.74) is 8.01. The third-order valence-corrected chi connectivity index (χ3v) is 19.3. The van der Waals surface area contributed by atoms with Crippen molar-refractivity contribution in [3.8, 4) is 5.75 Å². The van der Waals surface area contributed by atoms with Gasteiger partial charge in [-0.25, -0.2) is 4.79 Å². The topological polar surface area (TPSA) is 485 Å². The Balaban J connectivity index is 0.0000184. The van der Waals surface area contributed by atoms with E-state index in [4.69, 9.17) is 5.73 Å². The van der Waals surface area contributed by atoms with Crippen LogP contribution in [0.5, 0.6) is 5.75 Å². The molecule has 101 heavy (non-hydrogen) atoms. The van der Waals surface area contributed by atoms with Gasteiger partial charge in [0.15, 0.2) is 11.8 Å². The molecule has 3 heterocycles. The molecule has 6 rings (SSSR count). The van der Waals surface area contributed by atoms with Crippen LogP contribution in [0.4, 0.5) is 0 Å². The summed E-state index contributed by atoms with van der Waals surface area (Å²) in [6, 6.07) is 10.1. The Hall–Kier alpha value is -8.22. The van der Waals surface area contributed by atoms with E-state index in [2.05, 4.69) is 42.2 Å². The number of para-hydroxylation sites is 1. The molecular weight excluding hydrogens is 1410 g/mol. The third-order valence-electron chi connectivity index (χ3n) is 16.9. The molecule has 2 aliphatic heterocycles. The van der Waals surface area contributed by atoms with Gasteiger partial charge in [0, 0.05) is 124 Å². The normalized spacial score (nSPS) is 21.7. The smallest absolute Gasteiger partial charge is 0.328 e. The number of aromatic hydroxyl groups is 1. The molecule has 557 valence electrons. The Morgan fingerprint density at radius 1 is 0.604 bits per heavy atom. The fourth-order valence-electron chi connectivity index (χ4n) is 11.4. The van der Waals surface area contributed by atoms with Gasteiger partial charge in [-0.2, -0.15) is 0 Å². The molecule has 0 spiro atoms. The summed E-state index contributed by atoms with van der Waals surface area (Å²) < 4.78 is 0. The maximum atomic E-state index is 15.3. The SMILES string of the molecule is C[C@@H](O)[C@@H]1CC(=O)[C@H](CCCCN)NC(=O)[C@@H](Cc2c[nH]c3ccccc23)NC(=O)[C@H](Cc2ccc(O)cc2)NC(=O)[C@@H](NC(=O)[C@@H](Cc2ccccc2)NC(=O)CN2CCN(CC(=O)O)CCN(CC(=O)O)CCN(CC(=O)O)CC2)CSSC[C@@H](C(=O)N[C@H](C(=O)O)[C@@H](C)O)NC1=O.[64Cu]. The van der Waals surface area contributed by atoms with Gasteiger partial charge in [-0.3, -0.25) is 72.3 Å². The number of nitrogens with zero attached hydrogens (tertiary/aromatic N) is 4. The number of nitrogens with one attached hydrogen (secondary N) is 8. The fraction of sp³-hybridized carbons (Fsp3) is 0.515. The maximum absolute atomic E-state index is 15.3. The zero-order valence-corrected chi connectivity index (χ0v) is 58.5. The summed E-state index contributed by atoms with van der Waals surface area (Å²) in [7, 11) is 1.69. The Morgan fingerprint density at radius 3 is 1.67 bits per heavy atom. The minimum atomic E-state index is -1.89. The Labute approximate surface area is 601 Å². The first-order valence-electron chi connectivity index (χ1n) is 32.8. The number of carbonyl (C=O) groups excluding carboxylic acids is 8. The van der Waals surface area contributed by atoms with Crippen LogP contribution in [0, 0.1) is 5.92 Å². The number of ketones is 1. The number of carboxylic acid groups (broad SMARTS) is 4. The van der Waals surface area contributed by atoms with Crippen molar-refractivity contribution in [2.45, 2.75) is 113 Å². The molecule has 7 amide bonds. The summed E-state index contributed by atoms with van der Waals surface area (Å²) in [5.74, 6) is -15.1. The maximum Gasteiger partial charge on any atom is 0.328 e. The first-order chi connectivity index (χ1) is 47.7. The molecule has 3 aromatic carbocycles. The number of carbonyl (C=O) groups is 12. The summed E-state index contributed by atoms with van der Waals surface area (Å²) in [5, 5.41) is 90.2. The molecule has 1 aromatic heterocycles. The van der Waals surface area contributed by atoms with Crippen LogP contribution >= 0.6 is 21.6 Å². The number of aliphatic carboxylic acids is 4. The van der Waals surface area contributed by atoms with Gasteiger partial charge < -0.3 is 83.7 Å². The molecule has 0 unspecified atom stereocenters. The number of benzene rings is 3. The molecule has 35 heteroatoms. The van der Waals surface area contributed by atoms with E-state index < -0.39 is 169 Å². The number of carboxylic acids is 4. The summed E-state index contributed by atoms with van der Waals surface area (Å²) in [6.45, 7) is 1.51. The number of aliphatic hydroxyl groups excluding tert-OH is 2. The van der Waals surface area contributed by atoms with E-state index in [0.717, 1.165) is 28.5 Å². The number of H-pyrrole nitrogens is 1. The second kappa shape index (κ2) is 42.3. The monoisotopic (exact) mass is 1500 g/mol. The molecule has 10 atom stereocenters. The van der Waals surface area contributed by atoms with Crippen LogP contribution in [0.25, 0.3) is 10.9 Å². The molecule has 32 nitrogen and oxygen atoms in total. The second-order valence-electron chi connectivity index (χ2n) is 24.8. The number of aromatic nitrogens is 1. The number of aliphatic hydroxyl groups is 2. The van der Waals surface area contributed by atoms with Crippen molar-refractivity contribution >= 4 is 104 Å². The number of hydrogen-bond acceptors (Lipinski definition) is 22. The van der Waals surface area contributed by atoms with E-state index in [1.807, 2.05) is 0 Å². The molecular formula is C66H91CuN13O19S2. The van der Waals surface area contributed by atoms with Crippen molar-refractivity contribution in [1.29, 1.82) is 0 Å². The number of rotatable bonds is 26. The van der Waals surface area contributed by atoms with Gasteiger partial charge in [-0.1, -0.05) is 82.3 Å². The van der Waals surface area contributed by atoms with Gasteiger partial charge in [-0.15, -0.1) is 0 Å². The molecule has 0 bridgehead atoms. The first-order valence-corrected chi connectivity index (χ1v) is 35.2. The van der Waals surface area contributed by atoms with Crippen LogP contribution in [0.1, 0.15) is 56.2 Å². The van der Waals surface area contributed by atoms with Crippen molar-refractivity contribution in [3.63, 3.8) is 0 Å². The number of nitrogens with two attached hydrogens (primary N) is 1. The molecule has 17 N–H and O–H groups in total. The van der Waals surface area contributed by atoms with Crippen molar-refractivity contribution < 1.29 is 110 Å². The molecule has 2 fully saturated rings. The van der Waals surface area contributed by atoms with Crippen LogP contribution in [-0.2, 0) is 93.9 Å². The average Bonchev–Trinajstić information content (AvgIpc) is 1.79. The third kappa shape index (κ3) is 28.3. The zero-order chi connectivity index (χ0) is 73.0. The number of hydrogen-bond donors (Lipinski definition) is 16. The summed E-state index contributed by atoms with van der Waals surface area (Å²) in [6.07, 6.45) is -2.33. The second-order valence-corrected chi connectivity index (χ2v) is 27.3. The van der Waals surface area contributed by atoms with Crippen LogP contribution in [0.15, 0.2) is 85.1 Å². The van der Waals surface area contributed by atoms with E-state index in [1.54, 1.807) is 80.4 Å². The standard InChI is InChI=1S/C66H91N13O19S2.Cu/c1-39(80)46-31-54(83)48(14-8-9-19-67)70-63(94)51(30-43-32-68-47-13-7-6-12-45(43)47)72-62(93)50(29-42-15-17-44(82)18-16-42)71-64(95)52(37-99-100-38-53(73-60(46)91)65(96)75-59(40(2)81)66(97)98)74-61(92)49(28-41-10-4-3-5-11-41)69-55(84)33-76-20-22-77(34-56(85)86)24-26-79(36-58(89)90)27-25-78(23-21-76)35-57(87)88;/h3-7,10-13,15-18,32,39-40,46,48-53,59,68,80-82H,8-9,14,19-31,33-38,67H2,1-2H3,(H,69,84)(H,70,94)(H,71,95)(H,72,93)(H,73,91)(H,74,92)(H,75,96)(H,85,86)(H,87,88)(H,89,90)(H,97,98);/t39-,40-,46+,48+,49-,50+,51-,52+,53+,59+;/m1./s1/i;1+0. The molecule has 1 radical (unpaired) electrons. The van der Waals surface area contributed by atoms with E-state index in [1.165, 1.54) is 31.2 Å². The van der Waals surface area contributed by atoms with Gasteiger partial charge in [0.25, 0.3) is 0 Å². The largest absolute Gasteiger partial charge is 0.508 e. The van der Waals surface area contributed by atoms with Crippen molar-refractivity contribution in [3.05, 3.63) is 102 Å². The Morgan fingerprint density at radius 2 is 1.13 bits per heavy atom. The van der Waals surface area contributed by atoms with Crippen molar-refractivity contribution in [1.82, 2.24) is 61.8 Å². The predicted octanol–water partition coefficient (Wildman–Crippen LogP) is -2.29. The predicted molar refractivity (Wildman–Crippen MR) is 368 cm³/mol. The van der Waals surface area contributed by atoms with Gasteiger partial charge in [-0.05, 0) is 74.5 Å². The van der Waals surface area contributed by atoms with Crippen LogP contribution < -0.4 is 43.0 Å². The number of phenols is 1.